The second-order valence-corrected chi connectivity index (χ2v) is 11.1. The van der Waals surface area contributed by atoms with Gasteiger partial charge in [-0.2, -0.15) is 0 Å². The molecule has 2 heterocycles. The summed E-state index contributed by atoms with van der Waals surface area (Å²) in [4.78, 5) is 39.4. The number of aromatic amines is 1. The zero-order valence-corrected chi connectivity index (χ0v) is 23.5. The van der Waals surface area contributed by atoms with E-state index >= 15 is 0 Å². The van der Waals surface area contributed by atoms with Crippen LogP contribution in [0.3, 0.4) is 0 Å². The summed E-state index contributed by atoms with van der Waals surface area (Å²) >= 11 is 0. The van der Waals surface area contributed by atoms with Gasteiger partial charge in [0, 0.05) is 6.20 Å². The molecule has 3 aromatic carbocycles. The fourth-order valence-corrected chi connectivity index (χ4v) is 5.87. The minimum absolute atomic E-state index is 0.0637. The number of esters is 1. The highest BCUT2D eigenvalue weighted by atomic mass is 16.5. The molecule has 0 bridgehead atoms. The van der Waals surface area contributed by atoms with Gasteiger partial charge in [-0.05, 0) is 47.6 Å². The SMILES string of the molecule is O=C(CC1(C(=O)N[C@@H](Cc2ccc(-c3ccccc3)cc2)c2nc3cnccc3[nH]2)CCCC1)OCc1ccccc1. The van der Waals surface area contributed by atoms with E-state index in [1.165, 1.54) is 0 Å². The van der Waals surface area contributed by atoms with E-state index in [4.69, 9.17) is 9.72 Å². The van der Waals surface area contributed by atoms with Crippen LogP contribution < -0.4 is 5.32 Å². The molecule has 7 heteroatoms. The fraction of sp³-hybridized carbons (Fsp3) is 0.257. The van der Waals surface area contributed by atoms with Crippen LogP contribution in [0.25, 0.3) is 22.2 Å². The van der Waals surface area contributed by atoms with Crippen LogP contribution in [0.2, 0.25) is 0 Å². The first-order valence-electron chi connectivity index (χ1n) is 14.5. The van der Waals surface area contributed by atoms with Gasteiger partial charge in [0.1, 0.15) is 17.9 Å². The molecule has 5 aromatic rings. The number of rotatable bonds is 10. The number of nitrogens with one attached hydrogen (secondary N) is 2. The molecule has 7 nitrogen and oxygen atoms in total. The third kappa shape index (κ3) is 6.25. The molecule has 1 atom stereocenters. The number of aromatic nitrogens is 3. The van der Waals surface area contributed by atoms with Crippen LogP contribution in [0.1, 0.15) is 55.1 Å². The van der Waals surface area contributed by atoms with Gasteiger partial charge in [-0.25, -0.2) is 4.98 Å². The predicted molar refractivity (Wildman–Crippen MR) is 162 cm³/mol. The Labute approximate surface area is 245 Å². The van der Waals surface area contributed by atoms with Crippen LogP contribution in [0, 0.1) is 5.41 Å². The van der Waals surface area contributed by atoms with Gasteiger partial charge in [-0.1, -0.05) is 97.8 Å². The third-order valence-corrected chi connectivity index (χ3v) is 8.21. The Morgan fingerprint density at radius 3 is 2.26 bits per heavy atom. The normalized spacial score (nSPS) is 14.9. The van der Waals surface area contributed by atoms with Gasteiger partial charge >= 0.3 is 5.97 Å². The van der Waals surface area contributed by atoms with Crippen LogP contribution in [0.5, 0.6) is 0 Å². The predicted octanol–water partition coefficient (Wildman–Crippen LogP) is 6.72. The molecule has 6 rings (SSSR count). The van der Waals surface area contributed by atoms with Crippen LogP contribution in [0.15, 0.2) is 103 Å². The molecule has 0 unspecified atom stereocenters. The van der Waals surface area contributed by atoms with Gasteiger partial charge in [0.15, 0.2) is 0 Å². The lowest BCUT2D eigenvalue weighted by atomic mass is 9.81. The van der Waals surface area contributed by atoms with Crippen molar-refractivity contribution in [1.82, 2.24) is 20.3 Å². The third-order valence-electron chi connectivity index (χ3n) is 8.21. The average Bonchev–Trinajstić information content (AvgIpc) is 3.69. The second kappa shape index (κ2) is 12.4. The van der Waals surface area contributed by atoms with Crippen LogP contribution in [-0.4, -0.2) is 26.8 Å². The number of fused-ring (bicyclic) bond motifs is 1. The second-order valence-electron chi connectivity index (χ2n) is 11.1. The van der Waals surface area contributed by atoms with Gasteiger partial charge in [-0.15, -0.1) is 0 Å². The lowest BCUT2D eigenvalue weighted by molar-refractivity contribution is -0.151. The van der Waals surface area contributed by atoms with E-state index in [1.54, 1.807) is 12.4 Å². The van der Waals surface area contributed by atoms with Crippen molar-refractivity contribution in [3.05, 3.63) is 120 Å². The van der Waals surface area contributed by atoms with Crippen LogP contribution in [0.4, 0.5) is 0 Å². The standard InChI is InChI=1S/C35H34N4O3/c40-32(42-24-26-9-3-1-4-10-26)22-35(18-7-8-19-35)34(41)39-30(33-37-29-17-20-36-23-31(29)38-33)21-25-13-15-28(16-14-25)27-11-5-2-6-12-27/h1-6,9-17,20,23,30H,7-8,18-19,21-22,24H2,(H,37,38)(H,39,41)/t30-/m0/s1. The molecular weight excluding hydrogens is 524 g/mol. The van der Waals surface area contributed by atoms with E-state index in [1.807, 2.05) is 54.6 Å². The van der Waals surface area contributed by atoms with Crippen molar-refractivity contribution >= 4 is 22.9 Å². The Bertz CT molecular complexity index is 1610. The van der Waals surface area contributed by atoms with Crippen molar-refractivity contribution in [3.8, 4) is 11.1 Å². The lowest BCUT2D eigenvalue weighted by Crippen LogP contribution is -2.43. The van der Waals surface area contributed by atoms with Crippen LogP contribution in [-0.2, 0) is 27.4 Å². The van der Waals surface area contributed by atoms with Gasteiger partial charge in [0.25, 0.3) is 0 Å². The minimum atomic E-state index is -0.795. The molecule has 1 amide bonds. The Balaban J connectivity index is 1.22. The molecule has 1 fully saturated rings. The molecular formula is C35H34N4O3. The lowest BCUT2D eigenvalue weighted by Gasteiger charge is -2.29. The van der Waals surface area contributed by atoms with E-state index in [2.05, 4.69) is 51.7 Å². The highest BCUT2D eigenvalue weighted by Gasteiger charge is 2.44. The molecule has 0 aliphatic heterocycles. The quantitative estimate of drug-likeness (QED) is 0.186. The van der Waals surface area contributed by atoms with Crippen molar-refractivity contribution in [2.45, 2.75) is 51.2 Å². The molecule has 2 N–H and O–H groups in total. The first-order chi connectivity index (χ1) is 20.6. The zero-order valence-electron chi connectivity index (χ0n) is 23.5. The van der Waals surface area contributed by atoms with E-state index in [-0.39, 0.29) is 24.9 Å². The number of carbonyl (C=O) groups excluding carboxylic acids is 2. The first kappa shape index (κ1) is 27.4. The summed E-state index contributed by atoms with van der Waals surface area (Å²) in [5, 5.41) is 3.29. The Morgan fingerprint density at radius 2 is 1.55 bits per heavy atom. The summed E-state index contributed by atoms with van der Waals surface area (Å²) in [6.45, 7) is 0.200. The maximum Gasteiger partial charge on any atom is 0.307 e. The molecule has 0 radical (unpaired) electrons. The average molecular weight is 559 g/mol. The van der Waals surface area contributed by atoms with Gasteiger partial charge in [0.2, 0.25) is 5.91 Å². The highest BCUT2D eigenvalue weighted by Crippen LogP contribution is 2.42. The minimum Gasteiger partial charge on any atom is -0.461 e. The van der Waals surface area contributed by atoms with E-state index < -0.39 is 11.5 Å². The Morgan fingerprint density at radius 1 is 0.857 bits per heavy atom. The van der Waals surface area contributed by atoms with Crippen molar-refractivity contribution in [3.63, 3.8) is 0 Å². The van der Waals surface area contributed by atoms with Gasteiger partial charge < -0.3 is 15.0 Å². The Kier molecular flexibility index (Phi) is 8.08. The van der Waals surface area contributed by atoms with E-state index in [0.717, 1.165) is 46.1 Å². The van der Waals surface area contributed by atoms with Crippen molar-refractivity contribution < 1.29 is 14.3 Å². The summed E-state index contributed by atoms with van der Waals surface area (Å²) in [6, 6.07) is 29.7. The number of H-pyrrole nitrogens is 1. The Hall–Kier alpha value is -4.78. The number of benzene rings is 3. The number of pyridine rings is 1. The summed E-state index contributed by atoms with van der Waals surface area (Å²) in [5.41, 5.74) is 5.09. The molecule has 1 aliphatic carbocycles. The molecule has 2 aromatic heterocycles. The van der Waals surface area contributed by atoms with Gasteiger partial charge in [0.05, 0.1) is 29.6 Å². The van der Waals surface area contributed by atoms with E-state index in [9.17, 15) is 9.59 Å². The number of carbonyl (C=O) groups is 2. The number of nitrogens with zero attached hydrogens (tertiary/aromatic N) is 2. The number of hydrogen-bond acceptors (Lipinski definition) is 5. The summed E-state index contributed by atoms with van der Waals surface area (Å²) in [5.74, 6) is 0.193. The molecule has 1 saturated carbocycles. The largest absolute Gasteiger partial charge is 0.461 e. The highest BCUT2D eigenvalue weighted by molar-refractivity contribution is 5.88. The topological polar surface area (TPSA) is 97.0 Å². The number of hydrogen-bond donors (Lipinski definition) is 2. The summed E-state index contributed by atoms with van der Waals surface area (Å²) in [7, 11) is 0. The zero-order chi connectivity index (χ0) is 28.8. The molecule has 42 heavy (non-hydrogen) atoms. The maximum absolute atomic E-state index is 14.0. The van der Waals surface area contributed by atoms with Crippen molar-refractivity contribution in [2.24, 2.45) is 5.41 Å². The summed E-state index contributed by atoms with van der Waals surface area (Å²) in [6.07, 6.45) is 7.15. The molecule has 1 aliphatic rings. The van der Waals surface area contributed by atoms with Crippen molar-refractivity contribution in [2.75, 3.05) is 0 Å². The monoisotopic (exact) mass is 558 g/mol. The molecule has 0 spiro atoms. The van der Waals surface area contributed by atoms with Crippen molar-refractivity contribution in [1.29, 1.82) is 0 Å². The molecule has 0 saturated heterocycles. The first-order valence-corrected chi connectivity index (χ1v) is 14.5. The van der Waals surface area contributed by atoms with E-state index in [0.29, 0.717) is 25.1 Å². The number of ether oxygens (including phenoxy) is 1. The molecule has 212 valence electrons. The number of imidazole rings is 1. The maximum atomic E-state index is 14.0. The smallest absolute Gasteiger partial charge is 0.307 e. The fourth-order valence-electron chi connectivity index (χ4n) is 5.87. The summed E-state index contributed by atoms with van der Waals surface area (Å²) < 4.78 is 5.59. The van der Waals surface area contributed by atoms with Gasteiger partial charge in [-0.3, -0.25) is 14.6 Å². The van der Waals surface area contributed by atoms with Crippen LogP contribution >= 0.6 is 0 Å². The number of amides is 1.